The van der Waals surface area contributed by atoms with Crippen LogP contribution in [0.4, 0.5) is 13.2 Å². The van der Waals surface area contributed by atoms with Crippen LogP contribution >= 0.6 is 0 Å². The maximum Gasteiger partial charge on any atom is 0.401 e. The minimum absolute atomic E-state index is 0.0629. The highest BCUT2D eigenvalue weighted by molar-refractivity contribution is 5.11. The summed E-state index contributed by atoms with van der Waals surface area (Å²) in [5.74, 6) is 0. The summed E-state index contributed by atoms with van der Waals surface area (Å²) in [6, 6.07) is 2.03. The summed E-state index contributed by atoms with van der Waals surface area (Å²) < 4.78 is 36.4. The van der Waals surface area contributed by atoms with Crippen LogP contribution in [0.1, 0.15) is 39.5 Å². The third-order valence-electron chi connectivity index (χ3n) is 3.08. The first-order chi connectivity index (χ1) is 7.18. The van der Waals surface area contributed by atoms with Crippen molar-refractivity contribution < 1.29 is 13.2 Å². The average Bonchev–Trinajstić information content (AvgIpc) is 2.12. The third-order valence-corrected chi connectivity index (χ3v) is 3.08. The van der Waals surface area contributed by atoms with Gasteiger partial charge in [-0.2, -0.15) is 18.4 Å². The summed E-state index contributed by atoms with van der Waals surface area (Å²) in [6.45, 7) is 2.90. The molecule has 1 fully saturated rings. The zero-order valence-corrected chi connectivity index (χ0v) is 9.62. The summed E-state index contributed by atoms with van der Waals surface area (Å²) in [6.07, 6.45) is -1.52. The Morgan fingerprint density at radius 2 is 1.94 bits per heavy atom. The number of hydrogen-bond acceptors (Lipinski definition) is 2. The predicted octanol–water partition coefficient (Wildman–Crippen LogP) is 3.00. The van der Waals surface area contributed by atoms with E-state index in [1.54, 1.807) is 0 Å². The molecule has 1 aliphatic carbocycles. The number of alkyl halides is 3. The lowest BCUT2D eigenvalue weighted by molar-refractivity contribution is -0.129. The lowest BCUT2D eigenvalue weighted by Gasteiger charge is -2.41. The van der Waals surface area contributed by atoms with Crippen LogP contribution in [0.3, 0.4) is 0 Å². The Kier molecular flexibility index (Phi) is 3.53. The molecule has 0 heterocycles. The van der Waals surface area contributed by atoms with E-state index in [1.165, 1.54) is 0 Å². The molecule has 1 rings (SSSR count). The van der Waals surface area contributed by atoms with Crippen molar-refractivity contribution >= 4 is 0 Å². The number of halogens is 3. The Morgan fingerprint density at radius 1 is 1.31 bits per heavy atom. The molecule has 1 saturated carbocycles. The smallest absolute Gasteiger partial charge is 0.291 e. The molecule has 0 aromatic heterocycles. The molecule has 0 aromatic carbocycles. The van der Waals surface area contributed by atoms with Crippen LogP contribution in [0, 0.1) is 16.7 Å². The molecule has 2 nitrogen and oxygen atoms in total. The number of hydrogen-bond donors (Lipinski definition) is 1. The molecule has 92 valence electrons. The molecular formula is C11H17F3N2. The van der Waals surface area contributed by atoms with Gasteiger partial charge in [0.1, 0.15) is 5.54 Å². The number of nitriles is 1. The van der Waals surface area contributed by atoms with Gasteiger partial charge in [0, 0.05) is 0 Å². The SMILES string of the molecule is CC1(C)CCCC(C#N)(NCC(F)(F)F)C1. The largest absolute Gasteiger partial charge is 0.401 e. The van der Waals surface area contributed by atoms with E-state index < -0.39 is 18.3 Å². The Bertz CT molecular complexity index is 291. The molecule has 1 N–H and O–H groups in total. The molecule has 0 radical (unpaired) electrons. The maximum atomic E-state index is 12.1. The van der Waals surface area contributed by atoms with Crippen LogP contribution in [0.5, 0.6) is 0 Å². The zero-order valence-electron chi connectivity index (χ0n) is 9.62. The van der Waals surface area contributed by atoms with Crippen molar-refractivity contribution in [3.05, 3.63) is 0 Å². The fourth-order valence-corrected chi connectivity index (χ4v) is 2.42. The van der Waals surface area contributed by atoms with E-state index in [4.69, 9.17) is 5.26 Å². The number of nitrogens with zero attached hydrogens (tertiary/aromatic N) is 1. The first kappa shape index (κ1) is 13.3. The fraction of sp³-hybridized carbons (Fsp3) is 0.909. The number of rotatable bonds is 2. The van der Waals surface area contributed by atoms with E-state index in [0.29, 0.717) is 12.8 Å². The van der Waals surface area contributed by atoms with Crippen LogP contribution in [0.2, 0.25) is 0 Å². The van der Waals surface area contributed by atoms with Gasteiger partial charge in [-0.15, -0.1) is 0 Å². The van der Waals surface area contributed by atoms with E-state index in [9.17, 15) is 13.2 Å². The van der Waals surface area contributed by atoms with Crippen molar-refractivity contribution in [1.29, 1.82) is 5.26 Å². The van der Waals surface area contributed by atoms with Crippen molar-refractivity contribution in [2.45, 2.75) is 51.2 Å². The highest BCUT2D eigenvalue weighted by Crippen LogP contribution is 2.40. The molecule has 0 spiro atoms. The van der Waals surface area contributed by atoms with E-state index in [1.807, 2.05) is 19.9 Å². The molecule has 0 aromatic rings. The molecule has 5 heteroatoms. The van der Waals surface area contributed by atoms with E-state index in [2.05, 4.69) is 5.32 Å². The highest BCUT2D eigenvalue weighted by Gasteiger charge is 2.42. The molecule has 1 atom stereocenters. The van der Waals surface area contributed by atoms with Gasteiger partial charge in [0.25, 0.3) is 0 Å². The summed E-state index contributed by atoms with van der Waals surface area (Å²) in [7, 11) is 0. The minimum atomic E-state index is -4.26. The zero-order chi connectivity index (χ0) is 12.4. The van der Waals surface area contributed by atoms with Gasteiger partial charge in [0.15, 0.2) is 0 Å². The second-order valence-corrected chi connectivity index (χ2v) is 5.36. The summed E-state index contributed by atoms with van der Waals surface area (Å²) in [4.78, 5) is 0. The second-order valence-electron chi connectivity index (χ2n) is 5.36. The molecule has 0 bridgehead atoms. The van der Waals surface area contributed by atoms with Gasteiger partial charge >= 0.3 is 6.18 Å². The van der Waals surface area contributed by atoms with Crippen LogP contribution in [-0.2, 0) is 0 Å². The van der Waals surface area contributed by atoms with E-state index >= 15 is 0 Å². The summed E-state index contributed by atoms with van der Waals surface area (Å²) in [5, 5.41) is 11.5. The minimum Gasteiger partial charge on any atom is -0.291 e. The van der Waals surface area contributed by atoms with Crippen LogP contribution in [-0.4, -0.2) is 18.3 Å². The monoisotopic (exact) mass is 234 g/mol. The normalized spacial score (nSPS) is 29.8. The lowest BCUT2D eigenvalue weighted by atomic mass is 9.68. The first-order valence-corrected chi connectivity index (χ1v) is 5.41. The second kappa shape index (κ2) is 4.25. The van der Waals surface area contributed by atoms with Crippen molar-refractivity contribution in [3.8, 4) is 6.07 Å². The van der Waals surface area contributed by atoms with Crippen molar-refractivity contribution in [2.24, 2.45) is 5.41 Å². The average molecular weight is 234 g/mol. The first-order valence-electron chi connectivity index (χ1n) is 5.41. The van der Waals surface area contributed by atoms with E-state index in [0.717, 1.165) is 12.8 Å². The molecular weight excluding hydrogens is 217 g/mol. The maximum absolute atomic E-state index is 12.1. The Balaban J connectivity index is 2.68. The molecule has 1 aliphatic rings. The van der Waals surface area contributed by atoms with Gasteiger partial charge in [-0.3, -0.25) is 5.32 Å². The van der Waals surface area contributed by atoms with Gasteiger partial charge in [0.2, 0.25) is 0 Å². The Morgan fingerprint density at radius 3 is 2.38 bits per heavy atom. The van der Waals surface area contributed by atoms with Crippen molar-refractivity contribution in [2.75, 3.05) is 6.54 Å². The quantitative estimate of drug-likeness (QED) is 0.797. The number of nitrogens with one attached hydrogen (secondary N) is 1. The standard InChI is InChI=1S/C11H17F3N2/c1-9(2)4-3-5-10(6-9,7-15)16-8-11(12,13)14/h16H,3-6,8H2,1-2H3. The van der Waals surface area contributed by atoms with Crippen molar-refractivity contribution in [3.63, 3.8) is 0 Å². The van der Waals surface area contributed by atoms with E-state index in [-0.39, 0.29) is 5.41 Å². The van der Waals surface area contributed by atoms with Gasteiger partial charge in [-0.25, -0.2) is 0 Å². The van der Waals surface area contributed by atoms with Gasteiger partial charge in [-0.1, -0.05) is 20.3 Å². The summed E-state index contributed by atoms with van der Waals surface area (Å²) >= 11 is 0. The highest BCUT2D eigenvalue weighted by atomic mass is 19.4. The lowest BCUT2D eigenvalue weighted by Crippen LogP contribution is -2.52. The molecule has 1 unspecified atom stereocenters. The van der Waals surface area contributed by atoms with Gasteiger partial charge in [0.05, 0.1) is 12.6 Å². The van der Waals surface area contributed by atoms with Crippen LogP contribution in [0.25, 0.3) is 0 Å². The molecule has 0 aliphatic heterocycles. The summed E-state index contributed by atoms with van der Waals surface area (Å²) in [5.41, 5.74) is -1.07. The predicted molar refractivity (Wildman–Crippen MR) is 54.7 cm³/mol. The van der Waals surface area contributed by atoms with Gasteiger partial charge in [-0.05, 0) is 24.7 Å². The fourth-order valence-electron chi connectivity index (χ4n) is 2.42. The molecule has 0 amide bonds. The molecule has 16 heavy (non-hydrogen) atoms. The Labute approximate surface area is 93.8 Å². The van der Waals surface area contributed by atoms with Crippen molar-refractivity contribution in [1.82, 2.24) is 5.32 Å². The Hall–Kier alpha value is -0.760. The van der Waals surface area contributed by atoms with Crippen LogP contribution < -0.4 is 5.32 Å². The van der Waals surface area contributed by atoms with Crippen LogP contribution in [0.15, 0.2) is 0 Å². The van der Waals surface area contributed by atoms with Gasteiger partial charge < -0.3 is 0 Å². The molecule has 0 saturated heterocycles. The third kappa shape index (κ3) is 3.67. The topological polar surface area (TPSA) is 35.8 Å².